The highest BCUT2D eigenvalue weighted by molar-refractivity contribution is 6.22. The molecule has 6 heteroatoms. The summed E-state index contributed by atoms with van der Waals surface area (Å²) in [6, 6.07) is 10.3. The van der Waals surface area contributed by atoms with Crippen LogP contribution >= 0.6 is 0 Å². The van der Waals surface area contributed by atoms with Crippen molar-refractivity contribution >= 4 is 17.5 Å². The molecular weight excluding hydrogens is 330 g/mol. The second kappa shape index (κ2) is 8.58. The Morgan fingerprint density at radius 2 is 2.04 bits per heavy atom. The number of nitrogens with one attached hydrogen (secondary N) is 1. The van der Waals surface area contributed by atoms with E-state index in [1.54, 1.807) is 36.7 Å². The van der Waals surface area contributed by atoms with Crippen molar-refractivity contribution in [3.05, 3.63) is 54.4 Å². The molecule has 0 aliphatic carbocycles. The fraction of sp³-hybridized carbons (Fsp3) is 0.350. The smallest absolute Gasteiger partial charge is 0.251 e. The van der Waals surface area contributed by atoms with E-state index in [1.165, 1.54) is 4.90 Å². The van der Waals surface area contributed by atoms with Crippen LogP contribution < -0.4 is 15.0 Å². The van der Waals surface area contributed by atoms with E-state index in [0.29, 0.717) is 18.8 Å². The molecule has 0 radical (unpaired) electrons. The van der Waals surface area contributed by atoms with Gasteiger partial charge in [0.1, 0.15) is 5.75 Å². The van der Waals surface area contributed by atoms with Crippen LogP contribution in [0, 0.1) is 0 Å². The van der Waals surface area contributed by atoms with Crippen LogP contribution in [0.25, 0.3) is 0 Å². The molecule has 26 heavy (non-hydrogen) atoms. The van der Waals surface area contributed by atoms with Gasteiger partial charge >= 0.3 is 0 Å². The Morgan fingerprint density at radius 1 is 1.23 bits per heavy atom. The van der Waals surface area contributed by atoms with Gasteiger partial charge in [0.15, 0.2) is 0 Å². The molecular formula is C20H23N3O3. The predicted molar refractivity (Wildman–Crippen MR) is 98.8 cm³/mol. The van der Waals surface area contributed by atoms with Gasteiger partial charge in [-0.05, 0) is 42.3 Å². The highest BCUT2D eigenvalue weighted by Crippen LogP contribution is 2.25. The third-order valence-corrected chi connectivity index (χ3v) is 4.28. The molecule has 3 rings (SSSR count). The van der Waals surface area contributed by atoms with Crippen molar-refractivity contribution in [2.45, 2.75) is 38.8 Å². The molecule has 1 saturated heterocycles. The van der Waals surface area contributed by atoms with Crippen LogP contribution in [0.2, 0.25) is 0 Å². The lowest BCUT2D eigenvalue weighted by molar-refractivity contribution is -0.121. The van der Waals surface area contributed by atoms with E-state index in [4.69, 9.17) is 4.74 Å². The maximum absolute atomic E-state index is 12.6. The lowest BCUT2D eigenvalue weighted by Crippen LogP contribution is -2.38. The maximum Gasteiger partial charge on any atom is 0.251 e. The fourth-order valence-corrected chi connectivity index (χ4v) is 2.83. The van der Waals surface area contributed by atoms with Crippen LogP contribution in [0.1, 0.15) is 31.7 Å². The number of amides is 2. The normalized spacial score (nSPS) is 17.0. The second-order valence-electron chi connectivity index (χ2n) is 6.26. The lowest BCUT2D eigenvalue weighted by Gasteiger charge is -2.16. The summed E-state index contributed by atoms with van der Waals surface area (Å²) in [4.78, 5) is 30.2. The van der Waals surface area contributed by atoms with Gasteiger partial charge in [0.25, 0.3) is 5.91 Å². The first kappa shape index (κ1) is 18.1. The SMILES string of the molecule is CCCCOc1ccc(N2C(=O)CC(NCc3cccnc3)C2=O)cc1. The van der Waals surface area contributed by atoms with Gasteiger partial charge in [0, 0.05) is 18.9 Å². The van der Waals surface area contributed by atoms with Gasteiger partial charge in [-0.15, -0.1) is 0 Å². The standard InChI is InChI=1S/C20H23N3O3/c1-2-3-11-26-17-8-6-16(7-9-17)23-19(24)12-18(20(23)25)22-14-15-5-4-10-21-13-15/h4-10,13,18,22H,2-3,11-12,14H2,1H3. The molecule has 0 bridgehead atoms. The Morgan fingerprint density at radius 3 is 2.73 bits per heavy atom. The fourth-order valence-electron chi connectivity index (χ4n) is 2.83. The summed E-state index contributed by atoms with van der Waals surface area (Å²) in [5, 5.41) is 3.15. The van der Waals surface area contributed by atoms with E-state index in [2.05, 4.69) is 17.2 Å². The van der Waals surface area contributed by atoms with Crippen molar-refractivity contribution in [3.8, 4) is 5.75 Å². The molecule has 1 fully saturated rings. The van der Waals surface area contributed by atoms with E-state index >= 15 is 0 Å². The van der Waals surface area contributed by atoms with E-state index in [0.717, 1.165) is 24.2 Å². The number of rotatable bonds is 8. The highest BCUT2D eigenvalue weighted by Gasteiger charge is 2.39. The number of hydrogen-bond donors (Lipinski definition) is 1. The molecule has 2 aromatic rings. The van der Waals surface area contributed by atoms with Crippen LogP contribution in [0.3, 0.4) is 0 Å². The number of benzene rings is 1. The van der Waals surface area contributed by atoms with Crippen LogP contribution in [0.5, 0.6) is 5.75 Å². The zero-order valence-electron chi connectivity index (χ0n) is 14.9. The van der Waals surface area contributed by atoms with Gasteiger partial charge < -0.3 is 10.1 Å². The maximum atomic E-state index is 12.6. The molecule has 0 spiro atoms. The van der Waals surface area contributed by atoms with Crippen LogP contribution in [-0.2, 0) is 16.1 Å². The Kier molecular flexibility index (Phi) is 5.96. The third kappa shape index (κ3) is 4.26. The van der Waals surface area contributed by atoms with Gasteiger partial charge in [-0.2, -0.15) is 0 Å². The number of anilines is 1. The summed E-state index contributed by atoms with van der Waals surface area (Å²) < 4.78 is 5.62. The van der Waals surface area contributed by atoms with Crippen LogP contribution in [-0.4, -0.2) is 29.4 Å². The van der Waals surface area contributed by atoms with E-state index in [1.807, 2.05) is 12.1 Å². The number of carbonyl (C=O) groups is 2. The van der Waals surface area contributed by atoms with Gasteiger partial charge in [-0.25, -0.2) is 4.90 Å². The van der Waals surface area contributed by atoms with Gasteiger partial charge in [0.2, 0.25) is 5.91 Å². The quantitative estimate of drug-likeness (QED) is 0.584. The molecule has 2 amide bonds. The molecule has 1 unspecified atom stereocenters. The van der Waals surface area contributed by atoms with Crippen molar-refractivity contribution in [3.63, 3.8) is 0 Å². The van der Waals surface area contributed by atoms with Gasteiger partial charge in [0.05, 0.1) is 24.8 Å². The minimum absolute atomic E-state index is 0.161. The van der Waals surface area contributed by atoms with Crippen molar-refractivity contribution in [2.24, 2.45) is 0 Å². The molecule has 1 aliphatic heterocycles. The average Bonchev–Trinajstić information content (AvgIpc) is 2.95. The van der Waals surface area contributed by atoms with E-state index in [9.17, 15) is 9.59 Å². The average molecular weight is 353 g/mol. The first-order valence-corrected chi connectivity index (χ1v) is 8.91. The number of pyridine rings is 1. The van der Waals surface area contributed by atoms with Gasteiger partial charge in [-0.3, -0.25) is 14.6 Å². The molecule has 136 valence electrons. The lowest BCUT2D eigenvalue weighted by atomic mass is 10.2. The predicted octanol–water partition coefficient (Wildman–Crippen LogP) is 2.68. The summed E-state index contributed by atoms with van der Waals surface area (Å²) in [6.45, 7) is 3.27. The van der Waals surface area contributed by atoms with Crippen molar-refractivity contribution in [2.75, 3.05) is 11.5 Å². The summed E-state index contributed by atoms with van der Waals surface area (Å²) in [7, 11) is 0. The molecule has 6 nitrogen and oxygen atoms in total. The molecule has 1 aromatic heterocycles. The zero-order chi connectivity index (χ0) is 18.4. The summed E-state index contributed by atoms with van der Waals surface area (Å²) in [6.07, 6.45) is 5.67. The minimum Gasteiger partial charge on any atom is -0.494 e. The van der Waals surface area contributed by atoms with Crippen LogP contribution in [0.15, 0.2) is 48.8 Å². The van der Waals surface area contributed by atoms with Crippen molar-refractivity contribution < 1.29 is 14.3 Å². The number of hydrogen-bond acceptors (Lipinski definition) is 5. The topological polar surface area (TPSA) is 71.5 Å². The third-order valence-electron chi connectivity index (χ3n) is 4.28. The summed E-state index contributed by atoms with van der Waals surface area (Å²) >= 11 is 0. The Hall–Kier alpha value is -2.73. The number of unbranched alkanes of at least 4 members (excludes halogenated alkanes) is 1. The van der Waals surface area contributed by atoms with Gasteiger partial charge in [-0.1, -0.05) is 19.4 Å². The molecule has 1 aliphatic rings. The van der Waals surface area contributed by atoms with Crippen LogP contribution in [0.4, 0.5) is 5.69 Å². The Balaban J connectivity index is 1.61. The largest absolute Gasteiger partial charge is 0.494 e. The number of aromatic nitrogens is 1. The van der Waals surface area contributed by atoms with Crippen molar-refractivity contribution in [1.29, 1.82) is 0 Å². The van der Waals surface area contributed by atoms with E-state index < -0.39 is 6.04 Å². The Labute approximate surface area is 153 Å². The number of imide groups is 1. The molecule has 1 N–H and O–H groups in total. The minimum atomic E-state index is -0.511. The molecule has 0 saturated carbocycles. The summed E-state index contributed by atoms with van der Waals surface area (Å²) in [5.41, 5.74) is 1.55. The summed E-state index contributed by atoms with van der Waals surface area (Å²) in [5.74, 6) is 0.324. The highest BCUT2D eigenvalue weighted by atomic mass is 16.5. The molecule has 2 heterocycles. The monoisotopic (exact) mass is 353 g/mol. The second-order valence-corrected chi connectivity index (χ2v) is 6.26. The zero-order valence-corrected chi connectivity index (χ0v) is 14.9. The molecule has 1 atom stereocenters. The number of carbonyl (C=O) groups excluding carboxylic acids is 2. The molecule has 1 aromatic carbocycles. The number of nitrogens with zero attached hydrogens (tertiary/aromatic N) is 2. The first-order valence-electron chi connectivity index (χ1n) is 8.91. The van der Waals surface area contributed by atoms with E-state index in [-0.39, 0.29) is 18.2 Å². The Bertz CT molecular complexity index is 747. The first-order chi connectivity index (χ1) is 12.7. The number of ether oxygens (including phenoxy) is 1. The van der Waals surface area contributed by atoms with Crippen molar-refractivity contribution in [1.82, 2.24) is 10.3 Å².